The SMILES string of the molecule is Cc1cccc(C)c1NC(=O)CNC(=O)C[NH2+][C@@H](C)c1ccc(Cl)cc1Cl. The van der Waals surface area contributed by atoms with E-state index in [0.29, 0.717) is 10.0 Å². The molecule has 1 atom stereocenters. The summed E-state index contributed by atoms with van der Waals surface area (Å²) in [5.41, 5.74) is 3.66. The largest absolute Gasteiger partial charge is 0.342 e. The van der Waals surface area contributed by atoms with E-state index in [9.17, 15) is 9.59 Å². The highest BCUT2D eigenvalue weighted by atomic mass is 35.5. The molecule has 0 aliphatic heterocycles. The number of nitrogens with two attached hydrogens (primary N) is 1. The summed E-state index contributed by atoms with van der Waals surface area (Å²) >= 11 is 12.1. The molecule has 2 aromatic carbocycles. The molecule has 5 nitrogen and oxygen atoms in total. The van der Waals surface area contributed by atoms with Gasteiger partial charge in [-0.05, 0) is 44.0 Å². The fourth-order valence-corrected chi connectivity index (χ4v) is 3.31. The van der Waals surface area contributed by atoms with Crippen molar-refractivity contribution in [3.05, 3.63) is 63.1 Å². The van der Waals surface area contributed by atoms with Gasteiger partial charge in [-0.15, -0.1) is 0 Å². The van der Waals surface area contributed by atoms with Crippen LogP contribution in [-0.2, 0) is 9.59 Å². The maximum Gasteiger partial charge on any atom is 0.275 e. The van der Waals surface area contributed by atoms with Crippen LogP contribution in [0, 0.1) is 13.8 Å². The quantitative estimate of drug-likeness (QED) is 0.658. The first-order valence-electron chi connectivity index (χ1n) is 8.69. The van der Waals surface area contributed by atoms with Gasteiger partial charge in [0.2, 0.25) is 5.91 Å². The number of rotatable bonds is 7. The lowest BCUT2D eigenvalue weighted by Crippen LogP contribution is -2.87. The molecule has 0 heterocycles. The summed E-state index contributed by atoms with van der Waals surface area (Å²) in [6, 6.07) is 11.1. The van der Waals surface area contributed by atoms with Crippen LogP contribution in [0.1, 0.15) is 29.7 Å². The van der Waals surface area contributed by atoms with Gasteiger partial charge in [0.15, 0.2) is 6.54 Å². The summed E-state index contributed by atoms with van der Waals surface area (Å²) in [6.45, 7) is 5.93. The zero-order valence-electron chi connectivity index (χ0n) is 15.6. The van der Waals surface area contributed by atoms with Crippen LogP contribution in [0.2, 0.25) is 10.0 Å². The number of quaternary nitrogens is 1. The minimum absolute atomic E-state index is 0.0102. The van der Waals surface area contributed by atoms with Crippen LogP contribution >= 0.6 is 23.2 Å². The lowest BCUT2D eigenvalue weighted by Gasteiger charge is -2.14. The molecule has 0 spiro atoms. The molecule has 4 N–H and O–H groups in total. The lowest BCUT2D eigenvalue weighted by molar-refractivity contribution is -0.682. The number of amides is 2. The van der Waals surface area contributed by atoms with Crippen molar-refractivity contribution in [3.63, 3.8) is 0 Å². The highest BCUT2D eigenvalue weighted by Crippen LogP contribution is 2.24. The number of aryl methyl sites for hydroxylation is 2. The Kier molecular flexibility index (Phi) is 7.66. The molecular weight excluding hydrogens is 385 g/mol. The van der Waals surface area contributed by atoms with E-state index in [4.69, 9.17) is 23.2 Å². The minimum Gasteiger partial charge on any atom is -0.342 e. The van der Waals surface area contributed by atoms with Gasteiger partial charge in [0, 0.05) is 16.3 Å². The van der Waals surface area contributed by atoms with Gasteiger partial charge < -0.3 is 16.0 Å². The molecule has 7 heteroatoms. The number of carbonyl (C=O) groups is 2. The van der Waals surface area contributed by atoms with Crippen LogP contribution in [0.3, 0.4) is 0 Å². The molecule has 0 aliphatic rings. The maximum absolute atomic E-state index is 12.1. The van der Waals surface area contributed by atoms with Crippen molar-refractivity contribution in [1.82, 2.24) is 5.32 Å². The fraction of sp³-hybridized carbons (Fsp3) is 0.300. The Labute approximate surface area is 169 Å². The second-order valence-electron chi connectivity index (χ2n) is 6.49. The molecule has 0 aliphatic carbocycles. The van der Waals surface area contributed by atoms with E-state index in [2.05, 4.69) is 10.6 Å². The van der Waals surface area contributed by atoms with Gasteiger partial charge in [0.1, 0.15) is 6.04 Å². The topological polar surface area (TPSA) is 74.8 Å². The summed E-state index contributed by atoms with van der Waals surface area (Å²) in [5, 5.41) is 8.48. The third kappa shape index (κ3) is 6.24. The Morgan fingerprint density at radius 1 is 1.07 bits per heavy atom. The van der Waals surface area contributed by atoms with Crippen molar-refractivity contribution in [3.8, 4) is 0 Å². The van der Waals surface area contributed by atoms with Crippen molar-refractivity contribution in [1.29, 1.82) is 0 Å². The van der Waals surface area contributed by atoms with Crippen LogP contribution in [0.25, 0.3) is 0 Å². The number of nitrogens with one attached hydrogen (secondary N) is 2. The smallest absolute Gasteiger partial charge is 0.275 e. The average molecular weight is 409 g/mol. The molecule has 0 fully saturated rings. The van der Waals surface area contributed by atoms with E-state index in [1.807, 2.05) is 50.4 Å². The number of hydrogen-bond donors (Lipinski definition) is 3. The summed E-state index contributed by atoms with van der Waals surface area (Å²) in [6.07, 6.45) is 0. The van der Waals surface area contributed by atoms with Gasteiger partial charge in [-0.1, -0.05) is 47.5 Å². The second-order valence-corrected chi connectivity index (χ2v) is 7.33. The molecule has 0 aromatic heterocycles. The van der Waals surface area contributed by atoms with Gasteiger partial charge >= 0.3 is 0 Å². The van der Waals surface area contributed by atoms with E-state index < -0.39 is 0 Å². The molecule has 0 saturated carbocycles. The summed E-state index contributed by atoms with van der Waals surface area (Å²) < 4.78 is 0. The number of carbonyl (C=O) groups excluding carboxylic acids is 2. The maximum atomic E-state index is 12.1. The second kappa shape index (κ2) is 9.74. The van der Waals surface area contributed by atoms with E-state index in [1.54, 1.807) is 12.1 Å². The molecule has 27 heavy (non-hydrogen) atoms. The van der Waals surface area contributed by atoms with Crippen LogP contribution < -0.4 is 16.0 Å². The Hall–Kier alpha value is -2.08. The van der Waals surface area contributed by atoms with E-state index >= 15 is 0 Å². The number of hydrogen-bond acceptors (Lipinski definition) is 2. The molecule has 2 rings (SSSR count). The molecule has 144 valence electrons. The highest BCUT2D eigenvalue weighted by Gasteiger charge is 2.15. The number of anilines is 1. The summed E-state index contributed by atoms with van der Waals surface area (Å²) in [4.78, 5) is 24.1. The van der Waals surface area contributed by atoms with Crippen LogP contribution in [0.15, 0.2) is 36.4 Å². The van der Waals surface area contributed by atoms with Gasteiger partial charge in [0.05, 0.1) is 11.6 Å². The normalized spacial score (nSPS) is 11.7. The first-order valence-corrected chi connectivity index (χ1v) is 9.44. The van der Waals surface area contributed by atoms with E-state index in [1.165, 1.54) is 0 Å². The molecule has 0 unspecified atom stereocenters. The zero-order chi connectivity index (χ0) is 20.0. The number of halogens is 2. The van der Waals surface area contributed by atoms with Crippen LogP contribution in [-0.4, -0.2) is 24.9 Å². The van der Waals surface area contributed by atoms with Crippen molar-refractivity contribution in [2.24, 2.45) is 0 Å². The Bertz CT molecular complexity index is 820. The third-order valence-corrected chi connectivity index (χ3v) is 4.86. The summed E-state index contributed by atoms with van der Waals surface area (Å²) in [7, 11) is 0. The minimum atomic E-state index is -0.255. The van der Waals surface area contributed by atoms with Crippen molar-refractivity contribution in [2.45, 2.75) is 26.8 Å². The average Bonchev–Trinajstić information content (AvgIpc) is 2.61. The Morgan fingerprint density at radius 2 is 1.74 bits per heavy atom. The van der Waals surface area contributed by atoms with Gasteiger partial charge in [-0.2, -0.15) is 0 Å². The standard InChI is InChI=1S/C20H23Cl2N3O2/c1-12-5-4-6-13(2)20(12)25-19(27)11-24-18(26)10-23-14(3)16-8-7-15(21)9-17(16)22/h4-9,14,23H,10-11H2,1-3H3,(H,24,26)(H,25,27)/p+1/t14-/m0/s1. The fourth-order valence-electron chi connectivity index (χ4n) is 2.73. The molecular formula is C20H24Cl2N3O2+. The molecule has 0 saturated heterocycles. The molecule has 2 amide bonds. The Morgan fingerprint density at radius 3 is 2.37 bits per heavy atom. The zero-order valence-corrected chi connectivity index (χ0v) is 17.1. The van der Waals surface area contributed by atoms with Gasteiger partial charge in [-0.25, -0.2) is 0 Å². The van der Waals surface area contributed by atoms with Crippen molar-refractivity contribution in [2.75, 3.05) is 18.4 Å². The molecule has 0 bridgehead atoms. The monoisotopic (exact) mass is 408 g/mol. The van der Waals surface area contributed by atoms with Gasteiger partial charge in [0.25, 0.3) is 5.91 Å². The number of benzene rings is 2. The Balaban J connectivity index is 1.79. The van der Waals surface area contributed by atoms with Gasteiger partial charge in [-0.3, -0.25) is 9.59 Å². The lowest BCUT2D eigenvalue weighted by atomic mass is 10.1. The van der Waals surface area contributed by atoms with Crippen molar-refractivity contribution < 1.29 is 14.9 Å². The van der Waals surface area contributed by atoms with Crippen LogP contribution in [0.4, 0.5) is 5.69 Å². The van der Waals surface area contributed by atoms with Crippen LogP contribution in [0.5, 0.6) is 0 Å². The molecule has 0 radical (unpaired) electrons. The van der Waals surface area contributed by atoms with Crippen molar-refractivity contribution >= 4 is 40.7 Å². The molecule has 2 aromatic rings. The predicted molar refractivity (Wildman–Crippen MR) is 109 cm³/mol. The predicted octanol–water partition coefficient (Wildman–Crippen LogP) is 2.99. The first kappa shape index (κ1) is 21.2. The highest BCUT2D eigenvalue weighted by molar-refractivity contribution is 6.35. The van der Waals surface area contributed by atoms with E-state index in [0.717, 1.165) is 22.4 Å². The van der Waals surface area contributed by atoms with E-state index in [-0.39, 0.29) is 30.9 Å². The number of para-hydroxylation sites is 1. The first-order chi connectivity index (χ1) is 12.8. The summed E-state index contributed by atoms with van der Waals surface area (Å²) in [5.74, 6) is -0.474. The third-order valence-electron chi connectivity index (χ3n) is 4.30.